The van der Waals surface area contributed by atoms with E-state index >= 15 is 0 Å². The van der Waals surface area contributed by atoms with E-state index in [1.807, 2.05) is 5.38 Å². The van der Waals surface area contributed by atoms with Crippen LogP contribution in [0.25, 0.3) is 0 Å². The van der Waals surface area contributed by atoms with E-state index in [0.717, 1.165) is 43.6 Å². The minimum Gasteiger partial charge on any atom is -0.469 e. The van der Waals surface area contributed by atoms with E-state index in [1.54, 1.807) is 11.3 Å². The van der Waals surface area contributed by atoms with Gasteiger partial charge in [-0.3, -0.25) is 9.69 Å². The smallest absolute Gasteiger partial charge is 0.305 e. The molecule has 1 unspecified atom stereocenters. The van der Waals surface area contributed by atoms with Crippen molar-refractivity contribution in [2.45, 2.75) is 25.9 Å². The second-order valence-corrected chi connectivity index (χ2v) is 5.85. The number of carbonyl (C=O) groups excluding carboxylic acids is 1. The molecule has 0 radical (unpaired) electrons. The van der Waals surface area contributed by atoms with E-state index in [2.05, 4.69) is 26.9 Å². The van der Waals surface area contributed by atoms with Crippen LogP contribution in [0.2, 0.25) is 0 Å². The summed E-state index contributed by atoms with van der Waals surface area (Å²) in [4.78, 5) is 18.0. The summed E-state index contributed by atoms with van der Waals surface area (Å²) in [5.74, 6) is -0.201. The number of esters is 1. The number of methoxy groups -OCH3 is 1. The van der Waals surface area contributed by atoms with E-state index < -0.39 is 0 Å². The van der Waals surface area contributed by atoms with Gasteiger partial charge in [0, 0.05) is 31.4 Å². The Morgan fingerprint density at radius 1 is 1.67 bits per heavy atom. The minimum absolute atomic E-state index is 0.201. The molecule has 1 aliphatic heterocycles. The molecule has 1 saturated heterocycles. The Kier molecular flexibility index (Phi) is 6.41. The van der Waals surface area contributed by atoms with E-state index in [-0.39, 0.29) is 12.1 Å². The van der Waals surface area contributed by atoms with Gasteiger partial charge in [0.05, 0.1) is 31.9 Å². The summed E-state index contributed by atoms with van der Waals surface area (Å²) in [6, 6.07) is 0. The fourth-order valence-electron chi connectivity index (χ4n) is 2.23. The standard InChI is InChI=1S/C14H23N3O3S/c1-3-17-6-7-20-12(9-17)8-15-14-16-11(10-21-14)4-5-13(18)19-2/h10,12H,3-9H2,1-2H3,(H,15,16). The number of aromatic nitrogens is 1. The summed E-state index contributed by atoms with van der Waals surface area (Å²) < 4.78 is 10.4. The van der Waals surface area contributed by atoms with E-state index in [4.69, 9.17) is 4.74 Å². The molecule has 0 aromatic carbocycles. The van der Waals surface area contributed by atoms with Gasteiger partial charge in [0.1, 0.15) is 0 Å². The van der Waals surface area contributed by atoms with Gasteiger partial charge in [-0.2, -0.15) is 0 Å². The third-order valence-electron chi connectivity index (χ3n) is 3.52. The largest absolute Gasteiger partial charge is 0.469 e. The average Bonchev–Trinajstić information content (AvgIpc) is 2.98. The van der Waals surface area contributed by atoms with E-state index in [0.29, 0.717) is 12.8 Å². The Labute approximate surface area is 129 Å². The number of thiazole rings is 1. The van der Waals surface area contributed by atoms with Gasteiger partial charge in [-0.15, -0.1) is 11.3 Å². The van der Waals surface area contributed by atoms with Gasteiger partial charge in [-0.1, -0.05) is 6.92 Å². The first kappa shape index (κ1) is 16.2. The second kappa shape index (κ2) is 8.31. The van der Waals surface area contributed by atoms with Crippen molar-refractivity contribution in [2.75, 3.05) is 45.2 Å². The van der Waals surface area contributed by atoms with Crippen LogP contribution in [-0.2, 0) is 20.7 Å². The van der Waals surface area contributed by atoms with Gasteiger partial charge in [-0.05, 0) is 6.54 Å². The first-order valence-corrected chi connectivity index (χ1v) is 8.18. The van der Waals surface area contributed by atoms with Crippen molar-refractivity contribution < 1.29 is 14.3 Å². The van der Waals surface area contributed by atoms with Gasteiger partial charge < -0.3 is 14.8 Å². The zero-order valence-electron chi connectivity index (χ0n) is 12.6. The first-order valence-electron chi connectivity index (χ1n) is 7.30. The van der Waals surface area contributed by atoms with Gasteiger partial charge in [-0.25, -0.2) is 4.98 Å². The average molecular weight is 313 g/mol. The Balaban J connectivity index is 1.73. The van der Waals surface area contributed by atoms with Crippen molar-refractivity contribution in [3.63, 3.8) is 0 Å². The predicted octanol–water partition coefficient (Wildman–Crippen LogP) is 1.38. The zero-order chi connectivity index (χ0) is 15.1. The van der Waals surface area contributed by atoms with Crippen molar-refractivity contribution in [1.29, 1.82) is 0 Å². The van der Waals surface area contributed by atoms with Crippen LogP contribution in [0.1, 0.15) is 19.0 Å². The fraction of sp³-hybridized carbons (Fsp3) is 0.714. The number of morpholine rings is 1. The monoisotopic (exact) mass is 313 g/mol. The molecule has 21 heavy (non-hydrogen) atoms. The molecule has 1 fully saturated rings. The van der Waals surface area contributed by atoms with Crippen LogP contribution < -0.4 is 5.32 Å². The summed E-state index contributed by atoms with van der Waals surface area (Å²) in [7, 11) is 1.40. The lowest BCUT2D eigenvalue weighted by Crippen LogP contribution is -2.45. The molecule has 1 atom stereocenters. The first-order chi connectivity index (χ1) is 10.2. The van der Waals surface area contributed by atoms with Crippen LogP contribution in [0.4, 0.5) is 5.13 Å². The highest BCUT2D eigenvalue weighted by atomic mass is 32.1. The van der Waals surface area contributed by atoms with Crippen molar-refractivity contribution in [3.8, 4) is 0 Å². The molecule has 0 saturated carbocycles. The number of ether oxygens (including phenoxy) is 2. The topological polar surface area (TPSA) is 63.7 Å². The Morgan fingerprint density at radius 3 is 3.29 bits per heavy atom. The number of hydrogen-bond donors (Lipinski definition) is 1. The molecule has 0 bridgehead atoms. The predicted molar refractivity (Wildman–Crippen MR) is 82.8 cm³/mol. The quantitative estimate of drug-likeness (QED) is 0.767. The van der Waals surface area contributed by atoms with Gasteiger partial charge in [0.15, 0.2) is 5.13 Å². The number of anilines is 1. The number of carbonyl (C=O) groups is 1. The number of likely N-dealkylation sites (N-methyl/N-ethyl adjacent to an activating group) is 1. The molecule has 2 rings (SSSR count). The minimum atomic E-state index is -0.201. The highest BCUT2D eigenvalue weighted by Crippen LogP contribution is 2.17. The summed E-state index contributed by atoms with van der Waals surface area (Å²) >= 11 is 1.56. The van der Waals surface area contributed by atoms with Crippen molar-refractivity contribution in [2.24, 2.45) is 0 Å². The van der Waals surface area contributed by atoms with E-state index in [9.17, 15) is 4.79 Å². The lowest BCUT2D eigenvalue weighted by molar-refractivity contribution is -0.140. The van der Waals surface area contributed by atoms with Crippen molar-refractivity contribution in [3.05, 3.63) is 11.1 Å². The summed E-state index contributed by atoms with van der Waals surface area (Å²) in [5.41, 5.74) is 0.924. The molecule has 6 nitrogen and oxygen atoms in total. The fourth-order valence-corrected chi connectivity index (χ4v) is 2.98. The van der Waals surface area contributed by atoms with Crippen molar-refractivity contribution in [1.82, 2.24) is 9.88 Å². The number of aryl methyl sites for hydroxylation is 1. The summed E-state index contributed by atoms with van der Waals surface area (Å²) in [6.45, 7) is 6.77. The van der Waals surface area contributed by atoms with Crippen LogP contribution in [-0.4, -0.2) is 61.9 Å². The molecule has 1 aromatic heterocycles. The molecule has 1 aliphatic rings. The third kappa shape index (κ3) is 5.26. The van der Waals surface area contributed by atoms with Crippen LogP contribution in [0.5, 0.6) is 0 Å². The normalized spacial score (nSPS) is 19.4. The Bertz CT molecular complexity index is 452. The maximum atomic E-state index is 11.1. The van der Waals surface area contributed by atoms with Gasteiger partial charge in [0.2, 0.25) is 0 Å². The highest BCUT2D eigenvalue weighted by Gasteiger charge is 2.19. The molecular weight excluding hydrogens is 290 g/mol. The highest BCUT2D eigenvalue weighted by molar-refractivity contribution is 7.13. The molecule has 1 aromatic rings. The molecule has 7 heteroatoms. The maximum absolute atomic E-state index is 11.1. The van der Waals surface area contributed by atoms with Gasteiger partial charge >= 0.3 is 5.97 Å². The molecule has 0 amide bonds. The van der Waals surface area contributed by atoms with Gasteiger partial charge in [0.25, 0.3) is 0 Å². The van der Waals surface area contributed by atoms with Crippen LogP contribution in [0.3, 0.4) is 0 Å². The van der Waals surface area contributed by atoms with Crippen LogP contribution >= 0.6 is 11.3 Å². The van der Waals surface area contributed by atoms with E-state index in [1.165, 1.54) is 7.11 Å². The third-order valence-corrected chi connectivity index (χ3v) is 4.36. The number of hydrogen-bond acceptors (Lipinski definition) is 7. The summed E-state index contributed by atoms with van der Waals surface area (Å²) in [6.07, 6.45) is 1.20. The number of rotatable bonds is 7. The Morgan fingerprint density at radius 2 is 2.52 bits per heavy atom. The number of nitrogens with one attached hydrogen (secondary N) is 1. The lowest BCUT2D eigenvalue weighted by Gasteiger charge is -2.32. The molecule has 118 valence electrons. The number of nitrogens with zero attached hydrogens (tertiary/aromatic N) is 2. The summed E-state index contributed by atoms with van der Waals surface area (Å²) in [5, 5.41) is 6.18. The molecule has 0 spiro atoms. The van der Waals surface area contributed by atoms with Crippen molar-refractivity contribution >= 4 is 22.4 Å². The molecule has 0 aliphatic carbocycles. The second-order valence-electron chi connectivity index (χ2n) is 4.99. The zero-order valence-corrected chi connectivity index (χ0v) is 13.4. The van der Waals surface area contributed by atoms with Crippen LogP contribution in [0, 0.1) is 0 Å². The lowest BCUT2D eigenvalue weighted by atomic mass is 10.2. The SMILES string of the molecule is CCN1CCOC(CNc2nc(CCC(=O)OC)cs2)C1. The maximum Gasteiger partial charge on any atom is 0.305 e. The molecule has 1 N–H and O–H groups in total. The van der Waals surface area contributed by atoms with Crippen LogP contribution in [0.15, 0.2) is 5.38 Å². The molecule has 2 heterocycles. The molecular formula is C14H23N3O3S. The Hall–Kier alpha value is -1.18.